The van der Waals surface area contributed by atoms with Crippen molar-refractivity contribution < 1.29 is 14.5 Å². The minimum atomic E-state index is -0.596. The molecule has 0 N–H and O–H groups in total. The molecule has 0 amide bonds. The molecule has 0 spiro atoms. The summed E-state index contributed by atoms with van der Waals surface area (Å²) < 4.78 is 5.10. The molecular formula is C10H11NO4. The minimum Gasteiger partial charge on any atom is -0.487 e. The fraction of sp³-hybridized carbons (Fsp3) is 0.300. The summed E-state index contributed by atoms with van der Waals surface area (Å²) in [6.45, 7) is 3.34. The van der Waals surface area contributed by atoms with Crippen LogP contribution in [-0.2, 0) is 0 Å². The quantitative estimate of drug-likeness (QED) is 0.433. The second-order valence-electron chi connectivity index (χ2n) is 2.90. The second-order valence-corrected chi connectivity index (χ2v) is 2.90. The molecule has 0 atom stereocenters. The lowest BCUT2D eigenvalue weighted by Crippen LogP contribution is -2.03. The number of nitrogens with zero attached hydrogens (tertiary/aromatic N) is 1. The van der Waals surface area contributed by atoms with Crippen LogP contribution in [0.4, 0.5) is 5.69 Å². The number of Topliss-reactive ketones (excluding diaryl/α,β-unsaturated/α-hetero) is 1. The summed E-state index contributed by atoms with van der Waals surface area (Å²) in [4.78, 5) is 21.4. The monoisotopic (exact) mass is 209 g/mol. The summed E-state index contributed by atoms with van der Waals surface area (Å²) in [7, 11) is 0. The van der Waals surface area contributed by atoms with Crippen LogP contribution in [0.5, 0.6) is 5.75 Å². The van der Waals surface area contributed by atoms with Crippen molar-refractivity contribution in [2.75, 3.05) is 6.61 Å². The zero-order valence-electron chi connectivity index (χ0n) is 8.52. The zero-order chi connectivity index (χ0) is 11.4. The highest BCUT2D eigenvalue weighted by atomic mass is 16.6. The molecule has 15 heavy (non-hydrogen) atoms. The van der Waals surface area contributed by atoms with Crippen molar-refractivity contribution in [3.05, 3.63) is 33.9 Å². The SMILES string of the molecule is CCOc1cccc(C(C)=O)c1[N+](=O)[O-]. The number of ketones is 1. The van der Waals surface area contributed by atoms with E-state index in [1.54, 1.807) is 13.0 Å². The third-order valence-electron chi connectivity index (χ3n) is 1.86. The van der Waals surface area contributed by atoms with Gasteiger partial charge in [0.1, 0.15) is 0 Å². The van der Waals surface area contributed by atoms with Crippen molar-refractivity contribution in [1.82, 2.24) is 0 Å². The molecule has 1 rings (SSSR count). The van der Waals surface area contributed by atoms with E-state index in [-0.39, 0.29) is 22.8 Å². The number of para-hydroxylation sites is 1. The van der Waals surface area contributed by atoms with Crippen molar-refractivity contribution in [3.8, 4) is 5.75 Å². The van der Waals surface area contributed by atoms with Gasteiger partial charge in [-0.2, -0.15) is 0 Å². The Balaban J connectivity index is 3.34. The average molecular weight is 209 g/mol. The topological polar surface area (TPSA) is 69.4 Å². The molecule has 0 saturated carbocycles. The van der Waals surface area contributed by atoms with Gasteiger partial charge < -0.3 is 4.74 Å². The summed E-state index contributed by atoms with van der Waals surface area (Å²) in [6.07, 6.45) is 0. The first-order valence-electron chi connectivity index (χ1n) is 4.49. The summed E-state index contributed by atoms with van der Waals surface area (Å²) in [6, 6.07) is 4.46. The Hall–Kier alpha value is -1.91. The minimum absolute atomic E-state index is 0.0750. The number of benzene rings is 1. The van der Waals surface area contributed by atoms with Crippen molar-refractivity contribution >= 4 is 11.5 Å². The van der Waals surface area contributed by atoms with Crippen LogP contribution in [0.3, 0.4) is 0 Å². The van der Waals surface area contributed by atoms with Gasteiger partial charge >= 0.3 is 5.69 Å². The molecule has 0 aromatic heterocycles. The van der Waals surface area contributed by atoms with Crippen molar-refractivity contribution in [2.24, 2.45) is 0 Å². The number of carbonyl (C=O) groups excluding carboxylic acids is 1. The zero-order valence-corrected chi connectivity index (χ0v) is 8.52. The van der Waals surface area contributed by atoms with E-state index in [0.717, 1.165) is 0 Å². The van der Waals surface area contributed by atoms with Gasteiger partial charge in [-0.15, -0.1) is 0 Å². The van der Waals surface area contributed by atoms with Crippen LogP contribution in [0.2, 0.25) is 0 Å². The van der Waals surface area contributed by atoms with Gasteiger partial charge in [0.2, 0.25) is 0 Å². The molecule has 80 valence electrons. The Kier molecular flexibility index (Phi) is 3.38. The van der Waals surface area contributed by atoms with E-state index in [9.17, 15) is 14.9 Å². The van der Waals surface area contributed by atoms with Crippen LogP contribution in [0.25, 0.3) is 0 Å². The predicted octanol–water partition coefficient (Wildman–Crippen LogP) is 2.20. The molecule has 1 aromatic carbocycles. The molecule has 0 aliphatic heterocycles. The van der Waals surface area contributed by atoms with Crippen LogP contribution < -0.4 is 4.74 Å². The number of nitro groups is 1. The fourth-order valence-corrected chi connectivity index (χ4v) is 1.27. The Morgan fingerprint density at radius 2 is 2.20 bits per heavy atom. The molecular weight excluding hydrogens is 198 g/mol. The first kappa shape index (κ1) is 11.2. The molecule has 5 heteroatoms. The van der Waals surface area contributed by atoms with E-state index in [4.69, 9.17) is 4.74 Å². The predicted molar refractivity (Wildman–Crippen MR) is 54.3 cm³/mol. The van der Waals surface area contributed by atoms with E-state index in [2.05, 4.69) is 0 Å². The smallest absolute Gasteiger partial charge is 0.321 e. The van der Waals surface area contributed by atoms with Gasteiger partial charge in [-0.1, -0.05) is 6.07 Å². The van der Waals surface area contributed by atoms with Crippen LogP contribution in [-0.4, -0.2) is 17.3 Å². The van der Waals surface area contributed by atoms with E-state index in [1.807, 2.05) is 0 Å². The first-order valence-corrected chi connectivity index (χ1v) is 4.49. The summed E-state index contributed by atoms with van der Waals surface area (Å²) in [5.41, 5.74) is -0.183. The Bertz CT molecular complexity index is 400. The molecule has 0 fully saturated rings. The van der Waals surface area contributed by atoms with E-state index in [1.165, 1.54) is 19.1 Å². The van der Waals surface area contributed by atoms with Crippen molar-refractivity contribution in [2.45, 2.75) is 13.8 Å². The lowest BCUT2D eigenvalue weighted by Gasteiger charge is -2.05. The lowest BCUT2D eigenvalue weighted by molar-refractivity contribution is -0.386. The third kappa shape index (κ3) is 2.31. The standard InChI is InChI=1S/C10H11NO4/c1-3-15-9-6-4-5-8(7(2)12)10(9)11(13)14/h4-6H,3H2,1-2H3. The summed E-state index contributed by atoms with van der Waals surface area (Å²) in [5.74, 6) is -0.210. The number of hydrogen-bond acceptors (Lipinski definition) is 4. The number of nitro benzene ring substituents is 1. The van der Waals surface area contributed by atoms with Crippen LogP contribution in [0.1, 0.15) is 24.2 Å². The highest BCUT2D eigenvalue weighted by Gasteiger charge is 2.22. The Morgan fingerprint density at radius 3 is 2.67 bits per heavy atom. The number of carbonyl (C=O) groups is 1. The molecule has 0 unspecified atom stereocenters. The maximum Gasteiger partial charge on any atom is 0.321 e. The van der Waals surface area contributed by atoms with Gasteiger partial charge in [-0.3, -0.25) is 14.9 Å². The van der Waals surface area contributed by atoms with E-state index in [0.29, 0.717) is 6.61 Å². The molecule has 0 bridgehead atoms. The average Bonchev–Trinajstić information content (AvgIpc) is 2.17. The van der Waals surface area contributed by atoms with Crippen molar-refractivity contribution in [1.29, 1.82) is 0 Å². The van der Waals surface area contributed by atoms with Gasteiger partial charge in [0.15, 0.2) is 11.5 Å². The third-order valence-corrected chi connectivity index (χ3v) is 1.86. The number of rotatable bonds is 4. The van der Waals surface area contributed by atoms with E-state index >= 15 is 0 Å². The molecule has 0 saturated heterocycles. The second kappa shape index (κ2) is 4.54. The molecule has 0 aliphatic carbocycles. The molecule has 0 heterocycles. The highest BCUT2D eigenvalue weighted by Crippen LogP contribution is 2.30. The maximum atomic E-state index is 11.2. The molecule has 5 nitrogen and oxygen atoms in total. The van der Waals surface area contributed by atoms with Gasteiger partial charge in [0.25, 0.3) is 0 Å². The molecule has 1 aromatic rings. The lowest BCUT2D eigenvalue weighted by atomic mass is 10.1. The molecule has 0 aliphatic rings. The van der Waals surface area contributed by atoms with Crippen LogP contribution in [0.15, 0.2) is 18.2 Å². The van der Waals surface area contributed by atoms with Gasteiger partial charge in [-0.25, -0.2) is 0 Å². The maximum absolute atomic E-state index is 11.2. The molecule has 0 radical (unpaired) electrons. The largest absolute Gasteiger partial charge is 0.487 e. The Labute approximate surface area is 86.8 Å². The van der Waals surface area contributed by atoms with Gasteiger partial charge in [0.05, 0.1) is 17.1 Å². The summed E-state index contributed by atoms with van der Waals surface area (Å²) in [5, 5.41) is 10.8. The van der Waals surface area contributed by atoms with Gasteiger partial charge in [-0.05, 0) is 26.0 Å². The highest BCUT2D eigenvalue weighted by molar-refractivity contribution is 5.99. The summed E-state index contributed by atoms with van der Waals surface area (Å²) >= 11 is 0. The normalized spacial score (nSPS) is 9.73. The van der Waals surface area contributed by atoms with Crippen molar-refractivity contribution in [3.63, 3.8) is 0 Å². The van der Waals surface area contributed by atoms with Crippen LogP contribution >= 0.6 is 0 Å². The van der Waals surface area contributed by atoms with Crippen LogP contribution in [0, 0.1) is 10.1 Å². The Morgan fingerprint density at radius 1 is 1.53 bits per heavy atom. The first-order chi connectivity index (χ1) is 7.07. The van der Waals surface area contributed by atoms with E-state index < -0.39 is 4.92 Å². The van der Waals surface area contributed by atoms with Gasteiger partial charge in [0, 0.05) is 0 Å². The fourth-order valence-electron chi connectivity index (χ4n) is 1.27. The number of hydrogen-bond donors (Lipinski definition) is 0. The number of ether oxygens (including phenoxy) is 1.